The number of rotatable bonds is 5. The number of benzene rings is 2. The first-order chi connectivity index (χ1) is 15.7. The molecule has 10 heteroatoms. The summed E-state index contributed by atoms with van der Waals surface area (Å²) in [6.07, 6.45) is -2.55. The molecule has 1 heterocycles. The second kappa shape index (κ2) is 10.2. The normalized spacial score (nSPS) is 13.9. The van der Waals surface area contributed by atoms with Crippen molar-refractivity contribution in [2.75, 3.05) is 23.3 Å². The third-order valence-electron chi connectivity index (χ3n) is 5.04. The first-order valence-electron chi connectivity index (χ1n) is 10.2. The van der Waals surface area contributed by atoms with E-state index in [1.165, 1.54) is 36.4 Å². The van der Waals surface area contributed by atoms with Crippen molar-refractivity contribution in [3.63, 3.8) is 0 Å². The third-order valence-corrected chi connectivity index (χ3v) is 5.04. The fraction of sp³-hybridized carbons (Fsp3) is 0.304. The molecule has 0 saturated carbocycles. The summed E-state index contributed by atoms with van der Waals surface area (Å²) in [7, 11) is 0. The highest BCUT2D eigenvalue weighted by Gasteiger charge is 2.35. The zero-order valence-corrected chi connectivity index (χ0v) is 17.6. The highest BCUT2D eigenvalue weighted by molar-refractivity contribution is 6.39. The quantitative estimate of drug-likeness (QED) is 0.693. The van der Waals surface area contributed by atoms with Gasteiger partial charge in [-0.25, -0.2) is 0 Å². The van der Waals surface area contributed by atoms with Gasteiger partial charge in [-0.2, -0.15) is 18.4 Å². The molecular weight excluding hydrogens is 437 g/mol. The molecule has 172 valence electrons. The predicted octanol–water partition coefficient (Wildman–Crippen LogP) is 3.60. The van der Waals surface area contributed by atoms with Gasteiger partial charge in [-0.3, -0.25) is 14.4 Å². The van der Waals surface area contributed by atoms with Crippen LogP contribution < -0.4 is 10.2 Å². The number of carbonyl (C=O) groups is 3. The molecule has 0 unspecified atom stereocenters. The number of anilines is 2. The Morgan fingerprint density at radius 3 is 2.48 bits per heavy atom. The highest BCUT2D eigenvalue weighted by Crippen LogP contribution is 2.23. The van der Waals surface area contributed by atoms with E-state index in [0.717, 1.165) is 12.8 Å². The van der Waals surface area contributed by atoms with Crippen LogP contribution in [0.1, 0.15) is 30.4 Å². The van der Waals surface area contributed by atoms with Gasteiger partial charge in [-0.15, -0.1) is 0 Å². The van der Waals surface area contributed by atoms with Crippen molar-refractivity contribution < 1.29 is 27.6 Å². The lowest BCUT2D eigenvalue weighted by molar-refractivity contribution is -0.164. The molecule has 0 aromatic heterocycles. The van der Waals surface area contributed by atoms with E-state index in [0.29, 0.717) is 23.6 Å². The van der Waals surface area contributed by atoms with E-state index in [1.54, 1.807) is 17.0 Å². The summed E-state index contributed by atoms with van der Waals surface area (Å²) in [6.45, 7) is -1.52. The predicted molar refractivity (Wildman–Crippen MR) is 114 cm³/mol. The Balaban J connectivity index is 1.71. The molecule has 1 N–H and O–H groups in total. The van der Waals surface area contributed by atoms with Gasteiger partial charge in [0.1, 0.15) is 6.54 Å². The number of piperidine rings is 1. The second-order valence-electron chi connectivity index (χ2n) is 7.59. The van der Waals surface area contributed by atoms with E-state index in [1.807, 2.05) is 6.07 Å². The van der Waals surface area contributed by atoms with Crippen LogP contribution >= 0.6 is 0 Å². The molecule has 1 saturated heterocycles. The molecule has 1 fully saturated rings. The summed E-state index contributed by atoms with van der Waals surface area (Å²) >= 11 is 0. The number of nitrogens with zero attached hydrogens (tertiary/aromatic N) is 3. The van der Waals surface area contributed by atoms with Crippen LogP contribution in [0.3, 0.4) is 0 Å². The molecule has 1 aliphatic heterocycles. The fourth-order valence-electron chi connectivity index (χ4n) is 3.51. The number of halogens is 3. The minimum Gasteiger partial charge on any atom is -0.321 e. The first-order valence-corrected chi connectivity index (χ1v) is 10.2. The second-order valence-corrected chi connectivity index (χ2v) is 7.59. The lowest BCUT2D eigenvalue weighted by atomic mass is 10.1. The van der Waals surface area contributed by atoms with E-state index in [2.05, 4.69) is 5.32 Å². The van der Waals surface area contributed by atoms with Crippen molar-refractivity contribution in [1.29, 1.82) is 5.26 Å². The largest absolute Gasteiger partial charge is 0.406 e. The summed E-state index contributed by atoms with van der Waals surface area (Å²) in [5.41, 5.74) is 1.36. The first kappa shape index (κ1) is 23.8. The van der Waals surface area contributed by atoms with Crippen molar-refractivity contribution >= 4 is 29.1 Å². The lowest BCUT2D eigenvalue weighted by Gasteiger charge is -2.27. The Morgan fingerprint density at radius 1 is 1.12 bits per heavy atom. The monoisotopic (exact) mass is 458 g/mol. The summed E-state index contributed by atoms with van der Waals surface area (Å²) < 4.78 is 39.1. The minimum atomic E-state index is -4.72. The van der Waals surface area contributed by atoms with Crippen LogP contribution in [0.25, 0.3) is 0 Å². The SMILES string of the molecule is N#Cc1cccc(CN(CC(F)(F)F)C(=O)C(=O)Nc2ccc(N3CCCCC3=O)cc2)c1. The van der Waals surface area contributed by atoms with Gasteiger partial charge in [0.05, 0.1) is 11.6 Å². The summed E-state index contributed by atoms with van der Waals surface area (Å²) in [5.74, 6) is -2.58. The molecule has 0 bridgehead atoms. The molecule has 0 radical (unpaired) electrons. The van der Waals surface area contributed by atoms with Crippen LogP contribution in [0.5, 0.6) is 0 Å². The number of hydrogen-bond donors (Lipinski definition) is 1. The van der Waals surface area contributed by atoms with Crippen LogP contribution in [0, 0.1) is 11.3 Å². The van der Waals surface area contributed by atoms with Gasteiger partial charge in [0.15, 0.2) is 0 Å². The lowest BCUT2D eigenvalue weighted by Crippen LogP contribution is -2.44. The molecule has 2 aromatic carbocycles. The van der Waals surface area contributed by atoms with Gasteiger partial charge in [0.2, 0.25) is 5.91 Å². The molecule has 33 heavy (non-hydrogen) atoms. The van der Waals surface area contributed by atoms with Crippen LogP contribution in [-0.4, -0.2) is 41.9 Å². The minimum absolute atomic E-state index is 0.00327. The van der Waals surface area contributed by atoms with E-state index in [4.69, 9.17) is 5.26 Å². The van der Waals surface area contributed by atoms with Gasteiger partial charge in [-0.1, -0.05) is 12.1 Å². The molecule has 0 atom stereocenters. The summed E-state index contributed by atoms with van der Waals surface area (Å²) in [4.78, 5) is 39.0. The third kappa shape index (κ3) is 6.55. The Hall–Kier alpha value is -3.87. The summed E-state index contributed by atoms with van der Waals surface area (Å²) in [5, 5.41) is 11.3. The molecule has 3 rings (SSSR count). The van der Waals surface area contributed by atoms with E-state index >= 15 is 0 Å². The van der Waals surface area contributed by atoms with Crippen LogP contribution in [-0.2, 0) is 20.9 Å². The average Bonchev–Trinajstić information content (AvgIpc) is 2.78. The Labute approximate surface area is 188 Å². The van der Waals surface area contributed by atoms with Crippen molar-refractivity contribution in [3.8, 4) is 6.07 Å². The van der Waals surface area contributed by atoms with Gasteiger partial charge < -0.3 is 15.1 Å². The van der Waals surface area contributed by atoms with Gasteiger partial charge in [-0.05, 0) is 54.8 Å². The molecule has 3 amide bonds. The maximum absolute atomic E-state index is 13.0. The number of carbonyl (C=O) groups excluding carboxylic acids is 3. The van der Waals surface area contributed by atoms with E-state index < -0.39 is 31.1 Å². The average molecular weight is 458 g/mol. The Kier molecular flexibility index (Phi) is 7.33. The van der Waals surface area contributed by atoms with Crippen LogP contribution in [0.4, 0.5) is 24.5 Å². The van der Waals surface area contributed by atoms with Crippen molar-refractivity contribution in [2.45, 2.75) is 32.0 Å². The number of alkyl halides is 3. The van der Waals surface area contributed by atoms with Gasteiger partial charge >= 0.3 is 18.0 Å². The molecule has 1 aliphatic rings. The van der Waals surface area contributed by atoms with E-state index in [-0.39, 0.29) is 22.7 Å². The van der Waals surface area contributed by atoms with Crippen LogP contribution in [0.15, 0.2) is 48.5 Å². The maximum atomic E-state index is 13.0. The summed E-state index contributed by atoms with van der Waals surface area (Å²) in [6, 6.07) is 13.8. The van der Waals surface area contributed by atoms with Crippen LogP contribution in [0.2, 0.25) is 0 Å². The van der Waals surface area contributed by atoms with E-state index in [9.17, 15) is 27.6 Å². The molecule has 2 aromatic rings. The van der Waals surface area contributed by atoms with Crippen molar-refractivity contribution in [2.24, 2.45) is 0 Å². The van der Waals surface area contributed by atoms with Crippen molar-refractivity contribution in [3.05, 3.63) is 59.7 Å². The zero-order chi connectivity index (χ0) is 24.0. The molecular formula is C23H21F3N4O3. The van der Waals surface area contributed by atoms with Crippen molar-refractivity contribution in [1.82, 2.24) is 4.90 Å². The van der Waals surface area contributed by atoms with Gasteiger partial charge in [0, 0.05) is 30.9 Å². The number of nitrogens with one attached hydrogen (secondary N) is 1. The maximum Gasteiger partial charge on any atom is 0.406 e. The number of hydrogen-bond acceptors (Lipinski definition) is 4. The Bertz CT molecular complexity index is 1080. The zero-order valence-electron chi connectivity index (χ0n) is 17.6. The highest BCUT2D eigenvalue weighted by atomic mass is 19.4. The molecule has 0 spiro atoms. The fourth-order valence-corrected chi connectivity index (χ4v) is 3.51. The Morgan fingerprint density at radius 2 is 1.85 bits per heavy atom. The number of amides is 3. The number of nitriles is 1. The van der Waals surface area contributed by atoms with Gasteiger partial charge in [0.25, 0.3) is 0 Å². The topological polar surface area (TPSA) is 93.5 Å². The molecule has 7 nitrogen and oxygen atoms in total. The molecule has 0 aliphatic carbocycles. The standard InChI is InChI=1S/C23H21F3N4O3/c24-23(25,26)15-29(14-17-5-3-4-16(12-17)13-27)22(33)21(32)28-18-7-9-19(10-8-18)30-11-2-1-6-20(30)31/h3-5,7-10,12H,1-2,6,11,14-15H2,(H,28,32). The smallest absolute Gasteiger partial charge is 0.321 e.